The van der Waals surface area contributed by atoms with Gasteiger partial charge in [0.1, 0.15) is 0 Å². The molecule has 0 bridgehead atoms. The summed E-state index contributed by atoms with van der Waals surface area (Å²) < 4.78 is 0. The van der Waals surface area contributed by atoms with Gasteiger partial charge in [-0.2, -0.15) is 0 Å². The van der Waals surface area contributed by atoms with E-state index in [1.54, 1.807) is 0 Å². The van der Waals surface area contributed by atoms with Crippen molar-refractivity contribution in [3.05, 3.63) is 0 Å². The molecule has 0 radical (unpaired) electrons. The molecule has 2 aliphatic carbocycles. The van der Waals surface area contributed by atoms with E-state index in [0.717, 1.165) is 17.8 Å². The van der Waals surface area contributed by atoms with Crippen molar-refractivity contribution in [1.82, 2.24) is 0 Å². The van der Waals surface area contributed by atoms with Gasteiger partial charge >= 0.3 is 0 Å². The van der Waals surface area contributed by atoms with Crippen molar-refractivity contribution in [2.75, 3.05) is 0 Å². The highest BCUT2D eigenvalue weighted by Crippen LogP contribution is 2.43. The van der Waals surface area contributed by atoms with Crippen LogP contribution in [0.25, 0.3) is 0 Å². The summed E-state index contributed by atoms with van der Waals surface area (Å²) in [6.45, 7) is 4.79. The van der Waals surface area contributed by atoms with E-state index in [0.29, 0.717) is 0 Å². The maximum Gasteiger partial charge on any atom is 0.0185 e. The van der Waals surface area contributed by atoms with Crippen LogP contribution in [-0.2, 0) is 0 Å². The summed E-state index contributed by atoms with van der Waals surface area (Å²) >= 11 is 0. The van der Waals surface area contributed by atoms with Crippen LogP contribution in [-0.4, -0.2) is 5.54 Å². The predicted octanol–water partition coefficient (Wildman–Crippen LogP) is 3.72. The fourth-order valence-corrected chi connectivity index (χ4v) is 3.96. The van der Waals surface area contributed by atoms with Crippen molar-refractivity contribution < 1.29 is 0 Å². The van der Waals surface area contributed by atoms with Crippen LogP contribution in [0.4, 0.5) is 0 Å². The van der Waals surface area contributed by atoms with Gasteiger partial charge < -0.3 is 5.73 Å². The van der Waals surface area contributed by atoms with Crippen LogP contribution in [0.3, 0.4) is 0 Å². The van der Waals surface area contributed by atoms with Crippen molar-refractivity contribution >= 4 is 0 Å². The molecule has 0 saturated heterocycles. The lowest BCUT2D eigenvalue weighted by atomic mass is 9.64. The Morgan fingerprint density at radius 2 is 1.73 bits per heavy atom. The molecule has 4 atom stereocenters. The summed E-state index contributed by atoms with van der Waals surface area (Å²) in [5, 5.41) is 0. The Hall–Kier alpha value is -0.0400. The van der Waals surface area contributed by atoms with Gasteiger partial charge in [0, 0.05) is 5.54 Å². The Morgan fingerprint density at radius 1 is 1.00 bits per heavy atom. The van der Waals surface area contributed by atoms with E-state index >= 15 is 0 Å². The zero-order valence-electron chi connectivity index (χ0n) is 10.5. The Balaban J connectivity index is 2.00. The molecule has 2 fully saturated rings. The molecule has 0 aromatic carbocycles. The highest BCUT2D eigenvalue weighted by molar-refractivity contribution is 4.96. The van der Waals surface area contributed by atoms with Gasteiger partial charge in [-0.15, -0.1) is 0 Å². The van der Waals surface area contributed by atoms with E-state index in [1.807, 2.05) is 0 Å². The highest BCUT2D eigenvalue weighted by atomic mass is 14.8. The third-order valence-electron chi connectivity index (χ3n) is 4.82. The van der Waals surface area contributed by atoms with Crippen molar-refractivity contribution in [1.29, 1.82) is 0 Å². The highest BCUT2D eigenvalue weighted by Gasteiger charge is 2.39. The Morgan fingerprint density at radius 3 is 2.40 bits per heavy atom. The number of rotatable bonds is 1. The Kier molecular flexibility index (Phi) is 3.39. The first-order valence-corrected chi connectivity index (χ1v) is 6.89. The molecule has 1 nitrogen and oxygen atoms in total. The molecule has 0 heterocycles. The van der Waals surface area contributed by atoms with Gasteiger partial charge in [-0.05, 0) is 43.4 Å². The molecule has 2 saturated carbocycles. The second-order valence-electron chi connectivity index (χ2n) is 6.40. The summed E-state index contributed by atoms with van der Waals surface area (Å²) in [5.74, 6) is 2.60. The molecule has 2 N–H and O–H groups in total. The Labute approximate surface area is 94.8 Å². The van der Waals surface area contributed by atoms with Gasteiger partial charge in [-0.3, -0.25) is 0 Å². The third kappa shape index (κ3) is 2.55. The lowest BCUT2D eigenvalue weighted by molar-refractivity contribution is 0.109. The molecule has 2 aliphatic rings. The molecule has 0 aliphatic heterocycles. The fraction of sp³-hybridized carbons (Fsp3) is 1.00. The quantitative estimate of drug-likeness (QED) is 0.700. The molecule has 1 heteroatoms. The van der Waals surface area contributed by atoms with Gasteiger partial charge in [0.05, 0.1) is 0 Å². The van der Waals surface area contributed by atoms with Crippen LogP contribution in [0.15, 0.2) is 0 Å². The lowest BCUT2D eigenvalue weighted by Gasteiger charge is -2.45. The first-order valence-electron chi connectivity index (χ1n) is 6.89. The third-order valence-corrected chi connectivity index (χ3v) is 4.82. The monoisotopic (exact) mass is 209 g/mol. The molecular weight excluding hydrogens is 182 g/mol. The van der Waals surface area contributed by atoms with Crippen molar-refractivity contribution in [2.24, 2.45) is 23.5 Å². The van der Waals surface area contributed by atoms with E-state index in [-0.39, 0.29) is 5.54 Å². The van der Waals surface area contributed by atoms with Gasteiger partial charge in [0.15, 0.2) is 0 Å². The van der Waals surface area contributed by atoms with Gasteiger partial charge in [-0.25, -0.2) is 0 Å². The van der Waals surface area contributed by atoms with Crippen LogP contribution in [0, 0.1) is 17.8 Å². The minimum Gasteiger partial charge on any atom is -0.325 e. The summed E-state index contributed by atoms with van der Waals surface area (Å²) in [7, 11) is 0. The van der Waals surface area contributed by atoms with E-state index in [9.17, 15) is 0 Å². The van der Waals surface area contributed by atoms with E-state index in [2.05, 4.69) is 13.8 Å². The fourth-order valence-electron chi connectivity index (χ4n) is 3.96. The predicted molar refractivity (Wildman–Crippen MR) is 65.7 cm³/mol. The van der Waals surface area contributed by atoms with Crippen molar-refractivity contribution in [3.63, 3.8) is 0 Å². The van der Waals surface area contributed by atoms with Crippen LogP contribution < -0.4 is 5.73 Å². The average molecular weight is 209 g/mol. The van der Waals surface area contributed by atoms with Crippen LogP contribution in [0.1, 0.15) is 65.2 Å². The zero-order chi connectivity index (χ0) is 10.9. The van der Waals surface area contributed by atoms with Crippen molar-refractivity contribution in [2.45, 2.75) is 70.8 Å². The van der Waals surface area contributed by atoms with Crippen LogP contribution in [0.2, 0.25) is 0 Å². The molecule has 15 heavy (non-hydrogen) atoms. The second-order valence-corrected chi connectivity index (χ2v) is 6.40. The minimum absolute atomic E-state index is 0.201. The molecule has 4 unspecified atom stereocenters. The number of nitrogens with two attached hydrogens (primary N) is 1. The van der Waals surface area contributed by atoms with Crippen molar-refractivity contribution in [3.8, 4) is 0 Å². The molecular formula is C14H27N. The van der Waals surface area contributed by atoms with E-state index < -0.39 is 0 Å². The topological polar surface area (TPSA) is 26.0 Å². The maximum atomic E-state index is 6.69. The molecule has 0 aromatic heterocycles. The number of hydrogen-bond donors (Lipinski definition) is 1. The SMILES string of the molecule is CC1CCCC(C2(N)CCCC(C)C2)C1. The first-order chi connectivity index (χ1) is 7.10. The molecule has 0 aromatic rings. The summed E-state index contributed by atoms with van der Waals surface area (Å²) in [6.07, 6.45) is 11.0. The van der Waals surface area contributed by atoms with Gasteiger partial charge in [0.2, 0.25) is 0 Å². The van der Waals surface area contributed by atoms with Gasteiger partial charge in [-0.1, -0.05) is 39.5 Å². The zero-order valence-corrected chi connectivity index (χ0v) is 10.5. The Bertz CT molecular complexity index is 213. The molecule has 2 rings (SSSR count). The maximum absolute atomic E-state index is 6.69. The largest absolute Gasteiger partial charge is 0.325 e. The summed E-state index contributed by atoms with van der Waals surface area (Å²) in [5.41, 5.74) is 6.89. The average Bonchev–Trinajstić information content (AvgIpc) is 2.17. The lowest BCUT2D eigenvalue weighted by Crippen LogP contribution is -2.51. The summed E-state index contributed by atoms with van der Waals surface area (Å²) in [6, 6.07) is 0. The normalized spacial score (nSPS) is 47.8. The molecule has 88 valence electrons. The van der Waals surface area contributed by atoms with Crippen LogP contribution >= 0.6 is 0 Å². The van der Waals surface area contributed by atoms with Crippen LogP contribution in [0.5, 0.6) is 0 Å². The first kappa shape index (κ1) is 11.4. The van der Waals surface area contributed by atoms with E-state index in [1.165, 1.54) is 51.4 Å². The second kappa shape index (κ2) is 4.45. The molecule has 0 spiro atoms. The summed E-state index contributed by atoms with van der Waals surface area (Å²) in [4.78, 5) is 0. The smallest absolute Gasteiger partial charge is 0.0185 e. The number of hydrogen-bond acceptors (Lipinski definition) is 1. The minimum atomic E-state index is 0.201. The molecule has 0 amide bonds. The van der Waals surface area contributed by atoms with E-state index in [4.69, 9.17) is 5.73 Å². The standard InChI is InChI=1S/C14H27N/c1-11-5-3-7-13(9-11)14(15)8-4-6-12(2)10-14/h11-13H,3-10,15H2,1-2H3. The van der Waals surface area contributed by atoms with Gasteiger partial charge in [0.25, 0.3) is 0 Å².